The minimum atomic E-state index is -0.292. The number of nitrogens with one attached hydrogen (secondary N) is 1. The van der Waals surface area contributed by atoms with Crippen LogP contribution < -0.4 is 5.32 Å². The Morgan fingerprint density at radius 2 is 1.95 bits per heavy atom. The molecule has 0 aliphatic heterocycles. The van der Waals surface area contributed by atoms with Gasteiger partial charge in [-0.15, -0.1) is 0 Å². The molecular weight excluding hydrogens is 376 g/mol. The summed E-state index contributed by atoms with van der Waals surface area (Å²) in [6.45, 7) is 3.98. The lowest BCUT2D eigenvalue weighted by atomic mass is 10.0. The highest BCUT2D eigenvalue weighted by Gasteiger charge is 2.15. The molecule has 21 heavy (non-hydrogen) atoms. The van der Waals surface area contributed by atoms with Crippen LogP contribution in [0.15, 0.2) is 34.8 Å². The van der Waals surface area contributed by atoms with Crippen molar-refractivity contribution in [2.24, 2.45) is 0 Å². The number of hydrogen-bond donors (Lipinski definition) is 1. The van der Waals surface area contributed by atoms with E-state index in [-0.39, 0.29) is 11.9 Å². The van der Waals surface area contributed by atoms with Gasteiger partial charge in [-0.25, -0.2) is 4.39 Å². The Morgan fingerprint density at radius 1 is 1.24 bits per heavy atom. The van der Waals surface area contributed by atoms with Crippen molar-refractivity contribution >= 4 is 44.8 Å². The summed E-state index contributed by atoms with van der Waals surface area (Å²) in [6, 6.07) is 8.67. The maximum Gasteiger partial charge on any atom is 0.139 e. The van der Waals surface area contributed by atoms with Crippen LogP contribution in [-0.2, 0) is 0 Å². The Balaban J connectivity index is 2.33. The van der Waals surface area contributed by atoms with E-state index in [9.17, 15) is 4.39 Å². The normalized spacial score (nSPS) is 12.3. The van der Waals surface area contributed by atoms with Crippen LogP contribution in [0.2, 0.25) is 10.0 Å². The van der Waals surface area contributed by atoms with E-state index in [1.807, 2.05) is 26.0 Å². The maximum absolute atomic E-state index is 13.7. The minimum Gasteiger partial charge on any atom is -0.378 e. The highest BCUT2D eigenvalue weighted by molar-refractivity contribution is 9.10. The van der Waals surface area contributed by atoms with Crippen molar-refractivity contribution in [3.8, 4) is 0 Å². The number of benzene rings is 2. The predicted molar refractivity (Wildman–Crippen MR) is 92.0 cm³/mol. The van der Waals surface area contributed by atoms with Crippen LogP contribution in [0.4, 0.5) is 10.1 Å². The van der Waals surface area contributed by atoms with Crippen molar-refractivity contribution in [3.63, 3.8) is 0 Å². The van der Waals surface area contributed by atoms with Gasteiger partial charge in [-0.05, 0) is 64.7 Å². The van der Waals surface area contributed by atoms with E-state index in [1.54, 1.807) is 12.1 Å². The van der Waals surface area contributed by atoms with Crippen LogP contribution in [0, 0.1) is 12.7 Å². The van der Waals surface area contributed by atoms with E-state index < -0.39 is 0 Å². The average molecular weight is 391 g/mol. The molecule has 2 aromatic carbocycles. The number of hydrogen-bond acceptors (Lipinski definition) is 1. The monoisotopic (exact) mass is 389 g/mol. The molecule has 112 valence electrons. The Morgan fingerprint density at radius 3 is 2.57 bits per heavy atom. The maximum atomic E-state index is 13.7. The molecule has 0 spiro atoms. The fourth-order valence-corrected chi connectivity index (χ4v) is 3.17. The van der Waals surface area contributed by atoms with E-state index in [4.69, 9.17) is 23.2 Å². The Labute approximate surface area is 142 Å². The summed E-state index contributed by atoms with van der Waals surface area (Å²) in [7, 11) is 0. The van der Waals surface area contributed by atoms with E-state index in [0.717, 1.165) is 23.2 Å². The molecule has 0 radical (unpaired) electrons. The summed E-state index contributed by atoms with van der Waals surface area (Å²) in [5, 5.41) is 4.56. The zero-order chi connectivity index (χ0) is 15.6. The van der Waals surface area contributed by atoms with Crippen LogP contribution in [-0.4, -0.2) is 0 Å². The Hall–Kier alpha value is -0.770. The first-order chi connectivity index (χ1) is 9.92. The second kappa shape index (κ2) is 6.99. The van der Waals surface area contributed by atoms with Crippen LogP contribution in [0.3, 0.4) is 0 Å². The van der Waals surface area contributed by atoms with Gasteiger partial charge in [-0.2, -0.15) is 0 Å². The molecule has 0 amide bonds. The van der Waals surface area contributed by atoms with E-state index >= 15 is 0 Å². The predicted octanol–water partition coefficient (Wildman–Crippen LogP) is 6.77. The first kappa shape index (κ1) is 16.6. The van der Waals surface area contributed by atoms with Crippen molar-refractivity contribution in [1.82, 2.24) is 0 Å². The second-order valence-electron chi connectivity index (χ2n) is 4.85. The van der Waals surface area contributed by atoms with Crippen molar-refractivity contribution in [2.45, 2.75) is 26.3 Å². The Kier molecular flexibility index (Phi) is 5.53. The van der Waals surface area contributed by atoms with Crippen LogP contribution in [0.5, 0.6) is 0 Å². The van der Waals surface area contributed by atoms with Crippen molar-refractivity contribution in [1.29, 1.82) is 0 Å². The highest BCUT2D eigenvalue weighted by Crippen LogP contribution is 2.32. The summed E-state index contributed by atoms with van der Waals surface area (Å²) in [4.78, 5) is 0. The van der Waals surface area contributed by atoms with E-state index in [1.165, 1.54) is 6.07 Å². The van der Waals surface area contributed by atoms with Gasteiger partial charge in [0.05, 0.1) is 10.5 Å². The SMILES string of the molecule is CCC(Nc1cc(F)c(Br)cc1C)c1ccc(Cl)cc1Cl. The van der Waals surface area contributed by atoms with Gasteiger partial charge in [0, 0.05) is 15.7 Å². The molecule has 0 saturated carbocycles. The van der Waals surface area contributed by atoms with Gasteiger partial charge in [0.2, 0.25) is 0 Å². The quantitative estimate of drug-likeness (QED) is 0.607. The number of aryl methyl sites for hydroxylation is 1. The smallest absolute Gasteiger partial charge is 0.139 e. The van der Waals surface area contributed by atoms with Crippen molar-refractivity contribution < 1.29 is 4.39 Å². The summed E-state index contributed by atoms with van der Waals surface area (Å²) in [5.74, 6) is -0.292. The van der Waals surface area contributed by atoms with Crippen molar-refractivity contribution in [3.05, 3.63) is 61.8 Å². The molecule has 5 heteroatoms. The first-order valence-electron chi connectivity index (χ1n) is 6.59. The third-order valence-electron chi connectivity index (χ3n) is 3.34. The molecule has 0 bridgehead atoms. The molecule has 1 unspecified atom stereocenters. The van der Waals surface area contributed by atoms with Gasteiger partial charge in [-0.3, -0.25) is 0 Å². The molecular formula is C16H15BrCl2FN. The summed E-state index contributed by atoms with van der Waals surface area (Å²) < 4.78 is 14.2. The summed E-state index contributed by atoms with van der Waals surface area (Å²) in [6.07, 6.45) is 0.818. The van der Waals surface area contributed by atoms with Gasteiger partial charge in [0.15, 0.2) is 0 Å². The molecule has 1 nitrogen and oxygen atoms in total. The fraction of sp³-hybridized carbons (Fsp3) is 0.250. The first-order valence-corrected chi connectivity index (χ1v) is 8.14. The zero-order valence-corrected chi connectivity index (χ0v) is 14.8. The van der Waals surface area contributed by atoms with Crippen LogP contribution in [0.1, 0.15) is 30.5 Å². The van der Waals surface area contributed by atoms with E-state index in [0.29, 0.717) is 14.5 Å². The van der Waals surface area contributed by atoms with E-state index in [2.05, 4.69) is 21.2 Å². The molecule has 0 fully saturated rings. The molecule has 0 aliphatic rings. The fourth-order valence-electron chi connectivity index (χ4n) is 2.17. The molecule has 1 atom stereocenters. The second-order valence-corrected chi connectivity index (χ2v) is 6.55. The summed E-state index contributed by atoms with van der Waals surface area (Å²) >= 11 is 15.4. The standard InChI is InChI=1S/C16H15BrCl2FN/c1-3-15(11-5-4-10(18)7-13(11)19)21-16-8-14(20)12(17)6-9(16)2/h4-8,15,21H,3H2,1-2H3. The zero-order valence-electron chi connectivity index (χ0n) is 11.7. The van der Waals surface area contributed by atoms with Gasteiger partial charge < -0.3 is 5.32 Å². The number of anilines is 1. The van der Waals surface area contributed by atoms with Gasteiger partial charge in [0.25, 0.3) is 0 Å². The molecule has 0 aromatic heterocycles. The minimum absolute atomic E-state index is 0.00552. The van der Waals surface area contributed by atoms with Crippen LogP contribution >= 0.6 is 39.1 Å². The summed E-state index contributed by atoms with van der Waals surface area (Å²) in [5.41, 5.74) is 2.67. The average Bonchev–Trinajstić information content (AvgIpc) is 2.42. The van der Waals surface area contributed by atoms with Gasteiger partial charge in [-0.1, -0.05) is 36.2 Å². The lowest BCUT2D eigenvalue weighted by Crippen LogP contribution is -2.11. The largest absolute Gasteiger partial charge is 0.378 e. The van der Waals surface area contributed by atoms with Crippen molar-refractivity contribution in [2.75, 3.05) is 5.32 Å². The third-order valence-corrected chi connectivity index (χ3v) is 4.51. The molecule has 0 heterocycles. The van der Waals surface area contributed by atoms with Crippen LogP contribution in [0.25, 0.3) is 0 Å². The number of rotatable bonds is 4. The molecule has 2 rings (SSSR count). The molecule has 0 aliphatic carbocycles. The lowest BCUT2D eigenvalue weighted by molar-refractivity contribution is 0.620. The number of halogens is 4. The molecule has 1 N–H and O–H groups in total. The van der Waals surface area contributed by atoms with Gasteiger partial charge >= 0.3 is 0 Å². The lowest BCUT2D eigenvalue weighted by Gasteiger charge is -2.21. The third kappa shape index (κ3) is 3.91. The highest BCUT2D eigenvalue weighted by atomic mass is 79.9. The topological polar surface area (TPSA) is 12.0 Å². The molecule has 0 saturated heterocycles. The molecule has 2 aromatic rings. The van der Waals surface area contributed by atoms with Gasteiger partial charge in [0.1, 0.15) is 5.82 Å². The Bertz CT molecular complexity index is 661.